The van der Waals surface area contributed by atoms with Crippen molar-refractivity contribution in [3.05, 3.63) is 0 Å². The Labute approximate surface area is 92.2 Å². The molecule has 0 bridgehead atoms. The number of hydrogen-bond donors (Lipinski definition) is 1. The van der Waals surface area contributed by atoms with Gasteiger partial charge in [0.15, 0.2) is 0 Å². The van der Waals surface area contributed by atoms with Gasteiger partial charge in [-0.3, -0.25) is 4.79 Å². The SMILES string of the molecule is CCCNC1CCN(C2CC2(C)C)C1=O. The Bertz CT molecular complexity index is 262. The van der Waals surface area contributed by atoms with Crippen molar-refractivity contribution in [2.24, 2.45) is 5.41 Å². The molecule has 3 nitrogen and oxygen atoms in total. The summed E-state index contributed by atoms with van der Waals surface area (Å²) < 4.78 is 0. The molecule has 1 saturated heterocycles. The van der Waals surface area contributed by atoms with Crippen molar-refractivity contribution >= 4 is 5.91 Å². The third kappa shape index (κ3) is 2.03. The fraction of sp³-hybridized carbons (Fsp3) is 0.917. The third-order valence-corrected chi connectivity index (χ3v) is 3.72. The maximum Gasteiger partial charge on any atom is 0.240 e. The summed E-state index contributed by atoms with van der Waals surface area (Å²) in [4.78, 5) is 14.1. The number of carbonyl (C=O) groups is 1. The van der Waals surface area contributed by atoms with Crippen LogP contribution in [0.15, 0.2) is 0 Å². The second-order valence-electron chi connectivity index (χ2n) is 5.54. The van der Waals surface area contributed by atoms with Crippen LogP contribution in [0.2, 0.25) is 0 Å². The lowest BCUT2D eigenvalue weighted by atomic mass is 10.2. The quantitative estimate of drug-likeness (QED) is 0.760. The molecule has 2 unspecified atom stereocenters. The minimum atomic E-state index is 0.0985. The zero-order valence-corrected chi connectivity index (χ0v) is 10.0. The predicted octanol–water partition coefficient (Wildman–Crippen LogP) is 1.39. The van der Waals surface area contributed by atoms with Crippen LogP contribution in [0.1, 0.15) is 40.0 Å². The Morgan fingerprint density at radius 3 is 2.73 bits per heavy atom. The molecule has 0 spiro atoms. The van der Waals surface area contributed by atoms with Crippen molar-refractivity contribution < 1.29 is 4.79 Å². The van der Waals surface area contributed by atoms with Crippen molar-refractivity contribution in [2.75, 3.05) is 13.1 Å². The monoisotopic (exact) mass is 210 g/mol. The molecule has 2 rings (SSSR count). The van der Waals surface area contributed by atoms with Gasteiger partial charge in [0.2, 0.25) is 5.91 Å². The van der Waals surface area contributed by atoms with Gasteiger partial charge in [-0.25, -0.2) is 0 Å². The van der Waals surface area contributed by atoms with Crippen LogP contribution in [0.25, 0.3) is 0 Å². The van der Waals surface area contributed by atoms with E-state index in [-0.39, 0.29) is 6.04 Å². The number of likely N-dealkylation sites (tertiary alicyclic amines) is 1. The van der Waals surface area contributed by atoms with Crippen LogP contribution >= 0.6 is 0 Å². The molecule has 0 aromatic heterocycles. The van der Waals surface area contributed by atoms with E-state index in [0.717, 1.165) is 25.9 Å². The smallest absolute Gasteiger partial charge is 0.240 e. The molecular weight excluding hydrogens is 188 g/mol. The molecule has 1 heterocycles. The van der Waals surface area contributed by atoms with E-state index in [1.165, 1.54) is 6.42 Å². The summed E-state index contributed by atoms with van der Waals surface area (Å²) in [7, 11) is 0. The molecule has 2 fully saturated rings. The Balaban J connectivity index is 1.88. The number of nitrogens with one attached hydrogen (secondary N) is 1. The van der Waals surface area contributed by atoms with Gasteiger partial charge in [-0.1, -0.05) is 20.8 Å². The molecule has 0 radical (unpaired) electrons. The first kappa shape index (κ1) is 10.9. The lowest BCUT2D eigenvalue weighted by molar-refractivity contribution is -0.130. The Hall–Kier alpha value is -0.570. The van der Waals surface area contributed by atoms with Gasteiger partial charge in [-0.2, -0.15) is 0 Å². The second kappa shape index (κ2) is 3.78. The highest BCUT2D eigenvalue weighted by atomic mass is 16.2. The summed E-state index contributed by atoms with van der Waals surface area (Å²) in [6, 6.07) is 0.611. The first-order chi connectivity index (χ1) is 7.06. The van der Waals surface area contributed by atoms with Crippen LogP contribution in [0.3, 0.4) is 0 Å². The van der Waals surface area contributed by atoms with Gasteiger partial charge < -0.3 is 10.2 Å². The Morgan fingerprint density at radius 2 is 2.20 bits per heavy atom. The summed E-state index contributed by atoms with van der Waals surface area (Å²) in [6.07, 6.45) is 3.27. The van der Waals surface area contributed by atoms with E-state index in [4.69, 9.17) is 0 Å². The Morgan fingerprint density at radius 1 is 1.53 bits per heavy atom. The van der Waals surface area contributed by atoms with E-state index in [1.54, 1.807) is 0 Å². The van der Waals surface area contributed by atoms with Gasteiger partial charge in [-0.15, -0.1) is 0 Å². The zero-order chi connectivity index (χ0) is 11.1. The van der Waals surface area contributed by atoms with Crippen molar-refractivity contribution in [3.63, 3.8) is 0 Å². The van der Waals surface area contributed by atoms with Gasteiger partial charge in [0.05, 0.1) is 6.04 Å². The third-order valence-electron chi connectivity index (χ3n) is 3.72. The Kier molecular flexibility index (Phi) is 2.75. The van der Waals surface area contributed by atoms with Gasteiger partial charge >= 0.3 is 0 Å². The average Bonchev–Trinajstić information content (AvgIpc) is 2.66. The van der Waals surface area contributed by atoms with Crippen LogP contribution in [-0.4, -0.2) is 36.0 Å². The summed E-state index contributed by atoms with van der Waals surface area (Å²) >= 11 is 0. The van der Waals surface area contributed by atoms with Crippen LogP contribution in [0, 0.1) is 5.41 Å². The highest BCUT2D eigenvalue weighted by Crippen LogP contribution is 2.49. The molecule has 2 atom stereocenters. The van der Waals surface area contributed by atoms with Crippen LogP contribution < -0.4 is 5.32 Å². The molecule has 0 aromatic carbocycles. The predicted molar refractivity (Wildman–Crippen MR) is 60.6 cm³/mol. The first-order valence-corrected chi connectivity index (χ1v) is 6.10. The molecule has 0 aromatic rings. The standard InChI is InChI=1S/C12H22N2O/c1-4-6-13-9-5-7-14(11(9)15)10-8-12(10,2)3/h9-10,13H,4-8H2,1-3H3. The van der Waals surface area contributed by atoms with Gasteiger partial charge in [0.25, 0.3) is 0 Å². The lowest BCUT2D eigenvalue weighted by Crippen LogP contribution is -2.40. The van der Waals surface area contributed by atoms with E-state index in [9.17, 15) is 4.79 Å². The molecule has 1 N–H and O–H groups in total. The van der Waals surface area contributed by atoms with E-state index in [2.05, 4.69) is 31.0 Å². The van der Waals surface area contributed by atoms with E-state index < -0.39 is 0 Å². The van der Waals surface area contributed by atoms with Crippen LogP contribution in [0.4, 0.5) is 0 Å². The lowest BCUT2D eigenvalue weighted by Gasteiger charge is -2.18. The van der Waals surface area contributed by atoms with Crippen molar-refractivity contribution in [1.82, 2.24) is 10.2 Å². The second-order valence-corrected chi connectivity index (χ2v) is 5.54. The highest BCUT2D eigenvalue weighted by Gasteiger charge is 2.53. The molecule has 1 aliphatic heterocycles. The van der Waals surface area contributed by atoms with E-state index in [0.29, 0.717) is 17.4 Å². The van der Waals surface area contributed by atoms with Crippen molar-refractivity contribution in [2.45, 2.75) is 52.1 Å². The molecule has 1 saturated carbocycles. The fourth-order valence-corrected chi connectivity index (χ4v) is 2.49. The minimum absolute atomic E-state index is 0.0985. The normalized spacial score (nSPS) is 33.5. The van der Waals surface area contributed by atoms with Gasteiger partial charge in [0, 0.05) is 12.6 Å². The summed E-state index contributed by atoms with van der Waals surface area (Å²) in [5, 5.41) is 3.33. The molecule has 1 aliphatic carbocycles. The number of rotatable bonds is 4. The van der Waals surface area contributed by atoms with E-state index in [1.807, 2.05) is 0 Å². The maximum absolute atomic E-state index is 12.0. The molecule has 3 heteroatoms. The average molecular weight is 210 g/mol. The molecular formula is C12H22N2O. The molecule has 1 amide bonds. The van der Waals surface area contributed by atoms with Crippen LogP contribution in [0.5, 0.6) is 0 Å². The topological polar surface area (TPSA) is 32.3 Å². The fourth-order valence-electron chi connectivity index (χ4n) is 2.49. The summed E-state index contributed by atoms with van der Waals surface area (Å²) in [5.74, 6) is 0.332. The molecule has 2 aliphatic rings. The molecule has 15 heavy (non-hydrogen) atoms. The van der Waals surface area contributed by atoms with Crippen molar-refractivity contribution in [3.8, 4) is 0 Å². The van der Waals surface area contributed by atoms with Gasteiger partial charge in [0.1, 0.15) is 0 Å². The first-order valence-electron chi connectivity index (χ1n) is 6.10. The number of amides is 1. The van der Waals surface area contributed by atoms with Crippen molar-refractivity contribution in [1.29, 1.82) is 0 Å². The molecule has 86 valence electrons. The summed E-state index contributed by atoms with van der Waals surface area (Å²) in [6.45, 7) is 8.54. The zero-order valence-electron chi connectivity index (χ0n) is 10.0. The number of carbonyl (C=O) groups excluding carboxylic acids is 1. The maximum atomic E-state index is 12.0. The highest BCUT2D eigenvalue weighted by molar-refractivity contribution is 5.84. The van der Waals surface area contributed by atoms with E-state index >= 15 is 0 Å². The largest absolute Gasteiger partial charge is 0.338 e. The number of hydrogen-bond acceptors (Lipinski definition) is 2. The van der Waals surface area contributed by atoms with Gasteiger partial charge in [-0.05, 0) is 31.2 Å². The van der Waals surface area contributed by atoms with Crippen LogP contribution in [-0.2, 0) is 4.79 Å². The minimum Gasteiger partial charge on any atom is -0.338 e. The summed E-state index contributed by atoms with van der Waals surface area (Å²) in [5.41, 5.74) is 0.370. The number of nitrogens with zero attached hydrogens (tertiary/aromatic N) is 1.